The summed E-state index contributed by atoms with van der Waals surface area (Å²) in [5.74, 6) is 0. The number of hydrogen-bond acceptors (Lipinski definition) is 2. The molecule has 2 heterocycles. The SMILES string of the molecule is Cc1nn(C)c2c1c(C(F)(F)F)cc(=O)n2Cc1ccc(Cl)cc1. The maximum atomic E-state index is 13.3. The fourth-order valence-electron chi connectivity index (χ4n) is 2.80. The highest BCUT2D eigenvalue weighted by Crippen LogP contribution is 2.35. The van der Waals surface area contributed by atoms with E-state index >= 15 is 0 Å². The van der Waals surface area contributed by atoms with E-state index in [0.29, 0.717) is 11.1 Å². The second kappa shape index (κ2) is 5.66. The van der Waals surface area contributed by atoms with Crippen LogP contribution < -0.4 is 5.56 Å². The molecule has 8 heteroatoms. The Morgan fingerprint density at radius 3 is 2.42 bits per heavy atom. The Morgan fingerprint density at radius 1 is 1.21 bits per heavy atom. The van der Waals surface area contributed by atoms with Gasteiger partial charge < -0.3 is 0 Å². The number of rotatable bonds is 2. The van der Waals surface area contributed by atoms with E-state index in [4.69, 9.17) is 11.6 Å². The van der Waals surface area contributed by atoms with Gasteiger partial charge in [-0.3, -0.25) is 14.0 Å². The van der Waals surface area contributed by atoms with Crippen LogP contribution in [0.1, 0.15) is 16.8 Å². The Bertz CT molecular complexity index is 971. The normalized spacial score (nSPS) is 12.1. The van der Waals surface area contributed by atoms with Gasteiger partial charge >= 0.3 is 6.18 Å². The summed E-state index contributed by atoms with van der Waals surface area (Å²) in [6.45, 7) is 1.62. The molecule has 0 aliphatic rings. The van der Waals surface area contributed by atoms with Gasteiger partial charge in [-0.25, -0.2) is 0 Å². The number of alkyl halides is 3. The molecule has 0 amide bonds. The lowest BCUT2D eigenvalue weighted by Gasteiger charge is -2.14. The predicted molar refractivity (Wildman–Crippen MR) is 85.3 cm³/mol. The van der Waals surface area contributed by atoms with Crippen LogP contribution >= 0.6 is 11.6 Å². The third-order valence-corrected chi connectivity index (χ3v) is 4.06. The second-order valence-electron chi connectivity index (χ2n) is 5.51. The smallest absolute Gasteiger partial charge is 0.288 e. The molecule has 0 unspecified atom stereocenters. The molecule has 0 radical (unpaired) electrons. The maximum Gasteiger partial charge on any atom is 0.417 e. The Balaban J connectivity index is 2.28. The third-order valence-electron chi connectivity index (χ3n) is 3.81. The number of nitrogens with zero attached hydrogens (tertiary/aromatic N) is 3. The monoisotopic (exact) mass is 355 g/mol. The summed E-state index contributed by atoms with van der Waals surface area (Å²) in [5, 5.41) is 4.54. The highest BCUT2D eigenvalue weighted by atomic mass is 35.5. The molecule has 0 fully saturated rings. The van der Waals surface area contributed by atoms with Crippen molar-refractivity contribution in [2.45, 2.75) is 19.6 Å². The van der Waals surface area contributed by atoms with Gasteiger partial charge in [-0.05, 0) is 24.6 Å². The van der Waals surface area contributed by atoms with E-state index in [1.165, 1.54) is 23.2 Å². The molecule has 2 aromatic heterocycles. The Kier molecular flexibility index (Phi) is 3.91. The van der Waals surface area contributed by atoms with E-state index in [0.717, 1.165) is 5.56 Å². The largest absolute Gasteiger partial charge is 0.417 e. The molecule has 0 saturated carbocycles. The first kappa shape index (κ1) is 16.6. The van der Waals surface area contributed by atoms with Crippen LogP contribution in [0, 0.1) is 6.92 Å². The fraction of sp³-hybridized carbons (Fsp3) is 0.250. The summed E-state index contributed by atoms with van der Waals surface area (Å²) in [5.41, 5.74) is -0.568. The van der Waals surface area contributed by atoms with Crippen molar-refractivity contribution in [3.63, 3.8) is 0 Å². The first-order valence-corrected chi connectivity index (χ1v) is 7.45. The quantitative estimate of drug-likeness (QED) is 0.702. The molecule has 0 spiro atoms. The van der Waals surface area contributed by atoms with Gasteiger partial charge in [0, 0.05) is 18.1 Å². The minimum atomic E-state index is -4.62. The molecule has 24 heavy (non-hydrogen) atoms. The Labute approximate surface area is 140 Å². The number of aryl methyl sites for hydroxylation is 2. The van der Waals surface area contributed by atoms with Crippen molar-refractivity contribution in [1.29, 1.82) is 0 Å². The van der Waals surface area contributed by atoms with Gasteiger partial charge in [0.15, 0.2) is 0 Å². The lowest BCUT2D eigenvalue weighted by Crippen LogP contribution is -2.24. The van der Waals surface area contributed by atoms with Crippen LogP contribution in [0.2, 0.25) is 5.02 Å². The maximum absolute atomic E-state index is 13.3. The minimum Gasteiger partial charge on any atom is -0.288 e. The van der Waals surface area contributed by atoms with Crippen LogP contribution in [0.25, 0.3) is 11.0 Å². The van der Waals surface area contributed by atoms with E-state index in [9.17, 15) is 18.0 Å². The molecule has 1 aromatic carbocycles. The number of pyridine rings is 1. The van der Waals surface area contributed by atoms with Crippen molar-refractivity contribution >= 4 is 22.6 Å². The lowest BCUT2D eigenvalue weighted by atomic mass is 10.1. The molecule has 0 aliphatic heterocycles. The van der Waals surface area contributed by atoms with Crippen LogP contribution in [-0.2, 0) is 19.8 Å². The van der Waals surface area contributed by atoms with Gasteiger partial charge in [-0.2, -0.15) is 18.3 Å². The van der Waals surface area contributed by atoms with Crippen LogP contribution in [0.4, 0.5) is 13.2 Å². The van der Waals surface area contributed by atoms with Crippen molar-refractivity contribution < 1.29 is 13.2 Å². The summed E-state index contributed by atoms with van der Waals surface area (Å²) < 4.78 is 42.5. The number of halogens is 4. The average Bonchev–Trinajstić information content (AvgIpc) is 2.77. The summed E-state index contributed by atoms with van der Waals surface area (Å²) in [7, 11) is 1.52. The van der Waals surface area contributed by atoms with Crippen molar-refractivity contribution in [3.05, 3.63) is 62.5 Å². The van der Waals surface area contributed by atoms with Crippen LogP contribution in [0.15, 0.2) is 35.1 Å². The highest BCUT2D eigenvalue weighted by Gasteiger charge is 2.35. The zero-order chi connectivity index (χ0) is 17.6. The topological polar surface area (TPSA) is 39.8 Å². The highest BCUT2D eigenvalue weighted by molar-refractivity contribution is 6.30. The van der Waals surface area contributed by atoms with Gasteiger partial charge in [0.2, 0.25) is 0 Å². The summed E-state index contributed by atoms with van der Waals surface area (Å²) >= 11 is 5.83. The van der Waals surface area contributed by atoms with Gasteiger partial charge in [-0.15, -0.1) is 0 Å². The van der Waals surface area contributed by atoms with Crippen LogP contribution in [-0.4, -0.2) is 14.3 Å². The van der Waals surface area contributed by atoms with Gasteiger partial charge in [0.1, 0.15) is 5.65 Å². The van der Waals surface area contributed by atoms with E-state index in [2.05, 4.69) is 5.10 Å². The van der Waals surface area contributed by atoms with Crippen LogP contribution in [0.3, 0.4) is 0 Å². The average molecular weight is 356 g/mol. The standard InChI is InChI=1S/C16H13ClF3N3O/c1-9-14-12(16(18,19)20)7-13(24)23(15(14)22(2)21-9)8-10-3-5-11(17)6-4-10/h3-7H,8H2,1-2H3. The zero-order valence-corrected chi connectivity index (χ0v) is 13.6. The molecule has 0 bridgehead atoms. The first-order chi connectivity index (χ1) is 11.2. The Hall–Kier alpha value is -2.28. The summed E-state index contributed by atoms with van der Waals surface area (Å²) in [4.78, 5) is 12.3. The summed E-state index contributed by atoms with van der Waals surface area (Å²) in [6, 6.07) is 7.41. The number of aromatic nitrogens is 3. The molecule has 0 saturated heterocycles. The van der Waals surface area contributed by atoms with Gasteiger partial charge in [0.05, 0.1) is 23.2 Å². The molecule has 0 N–H and O–H groups in total. The van der Waals surface area contributed by atoms with Crippen molar-refractivity contribution in [3.8, 4) is 0 Å². The molecular weight excluding hydrogens is 343 g/mol. The van der Waals surface area contributed by atoms with Crippen molar-refractivity contribution in [2.24, 2.45) is 7.05 Å². The van der Waals surface area contributed by atoms with E-state index in [1.807, 2.05) is 0 Å². The summed E-state index contributed by atoms with van der Waals surface area (Å²) in [6.07, 6.45) is -4.62. The molecule has 126 valence electrons. The second-order valence-corrected chi connectivity index (χ2v) is 5.95. The molecule has 4 nitrogen and oxygen atoms in total. The molecule has 0 atom stereocenters. The number of hydrogen-bond donors (Lipinski definition) is 0. The van der Waals surface area contributed by atoms with E-state index < -0.39 is 17.3 Å². The molecular formula is C16H13ClF3N3O. The van der Waals surface area contributed by atoms with Crippen molar-refractivity contribution in [1.82, 2.24) is 14.3 Å². The lowest BCUT2D eigenvalue weighted by molar-refractivity contribution is -0.136. The zero-order valence-electron chi connectivity index (χ0n) is 12.9. The van der Waals surface area contributed by atoms with Crippen molar-refractivity contribution in [2.75, 3.05) is 0 Å². The van der Waals surface area contributed by atoms with E-state index in [-0.39, 0.29) is 23.3 Å². The number of fused-ring (bicyclic) bond motifs is 1. The van der Waals surface area contributed by atoms with E-state index in [1.54, 1.807) is 24.3 Å². The first-order valence-electron chi connectivity index (χ1n) is 7.07. The number of benzene rings is 1. The Morgan fingerprint density at radius 2 is 1.83 bits per heavy atom. The minimum absolute atomic E-state index is 0.0569. The molecule has 3 aromatic rings. The van der Waals surface area contributed by atoms with Gasteiger partial charge in [0.25, 0.3) is 5.56 Å². The predicted octanol–water partition coefficient (Wildman–Crippen LogP) is 3.76. The third kappa shape index (κ3) is 2.80. The molecule has 3 rings (SSSR count). The molecule has 0 aliphatic carbocycles. The van der Waals surface area contributed by atoms with Crippen LogP contribution in [0.5, 0.6) is 0 Å². The van der Waals surface area contributed by atoms with Gasteiger partial charge in [-0.1, -0.05) is 23.7 Å². The fourth-order valence-corrected chi connectivity index (χ4v) is 2.92.